The van der Waals surface area contributed by atoms with E-state index >= 15 is 0 Å². The van der Waals surface area contributed by atoms with Gasteiger partial charge in [0.05, 0.1) is 18.4 Å². The number of carbonyl (C=O) groups is 2. The van der Waals surface area contributed by atoms with Crippen molar-refractivity contribution in [1.29, 1.82) is 0 Å². The zero-order valence-corrected chi connectivity index (χ0v) is 14.6. The van der Waals surface area contributed by atoms with Gasteiger partial charge in [0.25, 0.3) is 0 Å². The molecule has 126 valence electrons. The first-order chi connectivity index (χ1) is 11.1. The number of thioether (sulfide) groups is 2. The van der Waals surface area contributed by atoms with Gasteiger partial charge in [-0.25, -0.2) is 4.39 Å². The highest BCUT2D eigenvalue weighted by Gasteiger charge is 2.29. The average Bonchev–Trinajstić information content (AvgIpc) is 3.01. The minimum atomic E-state index is -0.329. The zero-order valence-electron chi connectivity index (χ0n) is 13.0. The molecule has 0 aromatic heterocycles. The van der Waals surface area contributed by atoms with Crippen molar-refractivity contribution in [3.63, 3.8) is 0 Å². The van der Waals surface area contributed by atoms with E-state index in [1.54, 1.807) is 42.6 Å². The fraction of sp³-hybridized carbons (Fsp3) is 0.500. The number of ether oxygens (including phenoxy) is 1. The van der Waals surface area contributed by atoms with Gasteiger partial charge in [-0.05, 0) is 31.2 Å². The van der Waals surface area contributed by atoms with E-state index in [4.69, 9.17) is 4.74 Å². The van der Waals surface area contributed by atoms with Gasteiger partial charge in [-0.3, -0.25) is 9.59 Å². The van der Waals surface area contributed by atoms with Crippen LogP contribution in [0.1, 0.15) is 19.8 Å². The second-order valence-electron chi connectivity index (χ2n) is 4.98. The van der Waals surface area contributed by atoms with Gasteiger partial charge in [0, 0.05) is 29.4 Å². The largest absolute Gasteiger partial charge is 0.466 e. The second kappa shape index (κ2) is 9.17. The smallest absolute Gasteiger partial charge is 0.306 e. The zero-order chi connectivity index (χ0) is 16.7. The quantitative estimate of drug-likeness (QED) is 0.554. The van der Waals surface area contributed by atoms with Crippen LogP contribution in [0, 0.1) is 5.82 Å². The van der Waals surface area contributed by atoms with Crippen LogP contribution in [-0.4, -0.2) is 46.8 Å². The van der Waals surface area contributed by atoms with Crippen LogP contribution in [0.3, 0.4) is 0 Å². The van der Waals surface area contributed by atoms with Gasteiger partial charge in [-0.2, -0.15) is 0 Å². The molecule has 0 saturated carbocycles. The summed E-state index contributed by atoms with van der Waals surface area (Å²) < 4.78 is 17.7. The summed E-state index contributed by atoms with van der Waals surface area (Å²) in [4.78, 5) is 26.4. The molecule has 1 aliphatic rings. The third kappa shape index (κ3) is 5.73. The Balaban J connectivity index is 1.80. The van der Waals surface area contributed by atoms with E-state index in [0.717, 1.165) is 16.4 Å². The minimum Gasteiger partial charge on any atom is -0.466 e. The Kier molecular flexibility index (Phi) is 7.23. The Morgan fingerprint density at radius 1 is 1.35 bits per heavy atom. The van der Waals surface area contributed by atoms with E-state index in [9.17, 15) is 14.0 Å². The van der Waals surface area contributed by atoms with Crippen molar-refractivity contribution in [3.05, 3.63) is 30.1 Å². The van der Waals surface area contributed by atoms with Gasteiger partial charge >= 0.3 is 5.97 Å². The number of hydrogen-bond acceptors (Lipinski definition) is 5. The van der Waals surface area contributed by atoms with Gasteiger partial charge in [0.1, 0.15) is 5.82 Å². The van der Waals surface area contributed by atoms with Crippen LogP contribution in [0.25, 0.3) is 0 Å². The lowest BCUT2D eigenvalue weighted by molar-refractivity contribution is -0.145. The van der Waals surface area contributed by atoms with Crippen molar-refractivity contribution in [3.8, 4) is 0 Å². The molecule has 0 spiro atoms. The lowest BCUT2D eigenvalue weighted by Crippen LogP contribution is -2.36. The van der Waals surface area contributed by atoms with Crippen LogP contribution in [0.4, 0.5) is 4.39 Å². The Bertz CT molecular complexity index is 539. The maximum atomic E-state index is 12.9. The molecule has 0 aliphatic carbocycles. The summed E-state index contributed by atoms with van der Waals surface area (Å²) in [5.41, 5.74) is 0. The summed E-state index contributed by atoms with van der Waals surface area (Å²) in [6.07, 6.45) is 0.322. The molecule has 1 aromatic rings. The molecule has 2 rings (SSSR count). The third-order valence-electron chi connectivity index (χ3n) is 3.36. The maximum Gasteiger partial charge on any atom is 0.306 e. The molecule has 0 bridgehead atoms. The summed E-state index contributed by atoms with van der Waals surface area (Å²) in [7, 11) is 0. The Morgan fingerprint density at radius 2 is 2.09 bits per heavy atom. The highest BCUT2D eigenvalue weighted by Crippen LogP contribution is 2.30. The molecule has 0 radical (unpaired) electrons. The molecule has 1 atom stereocenters. The van der Waals surface area contributed by atoms with Crippen molar-refractivity contribution in [1.82, 2.24) is 4.90 Å². The van der Waals surface area contributed by atoms with Crippen LogP contribution in [0.5, 0.6) is 0 Å². The molecule has 0 N–H and O–H groups in total. The fourth-order valence-electron chi connectivity index (χ4n) is 2.23. The van der Waals surface area contributed by atoms with Crippen molar-refractivity contribution in [2.45, 2.75) is 30.0 Å². The number of hydrogen-bond donors (Lipinski definition) is 0. The first kappa shape index (κ1) is 18.1. The number of esters is 1. The number of amides is 1. The lowest BCUT2D eigenvalue weighted by atomic mass is 10.2. The normalized spacial score (nSPS) is 17.3. The van der Waals surface area contributed by atoms with E-state index < -0.39 is 0 Å². The molecule has 1 amide bonds. The number of benzene rings is 1. The number of halogens is 1. The third-order valence-corrected chi connectivity index (χ3v) is 5.89. The average molecular weight is 357 g/mol. The first-order valence-corrected chi connectivity index (χ1v) is 9.58. The van der Waals surface area contributed by atoms with Crippen molar-refractivity contribution < 1.29 is 18.7 Å². The number of rotatable bonds is 7. The highest BCUT2D eigenvalue weighted by atomic mass is 32.2. The van der Waals surface area contributed by atoms with E-state index in [0.29, 0.717) is 13.2 Å². The molecule has 0 unspecified atom stereocenters. The van der Waals surface area contributed by atoms with Crippen molar-refractivity contribution >= 4 is 35.4 Å². The monoisotopic (exact) mass is 357 g/mol. The molecular weight excluding hydrogens is 337 g/mol. The van der Waals surface area contributed by atoms with Gasteiger partial charge in [0.15, 0.2) is 0 Å². The summed E-state index contributed by atoms with van der Waals surface area (Å²) in [6.45, 7) is 2.80. The molecule has 7 heteroatoms. The Labute approximate surface area is 144 Å². The molecule has 1 aliphatic heterocycles. The standard InChI is InChI=1S/C16H20FNO3S2/c1-2-21-16(20)8-7-14(19)18-9-10-22-15(18)11-23-13-5-3-12(17)4-6-13/h3-6,15H,2,7-11H2,1H3/t15-/m1/s1. The summed E-state index contributed by atoms with van der Waals surface area (Å²) >= 11 is 3.35. The summed E-state index contributed by atoms with van der Waals surface area (Å²) in [5.74, 6) is 1.07. The number of carbonyl (C=O) groups excluding carboxylic acids is 2. The van der Waals surface area contributed by atoms with Gasteiger partial charge in [-0.1, -0.05) is 0 Å². The van der Waals surface area contributed by atoms with Gasteiger partial charge in [0.2, 0.25) is 5.91 Å². The Hall–Kier alpha value is -1.21. The predicted octanol–water partition coefficient (Wildman–Crippen LogP) is 3.16. The maximum absolute atomic E-state index is 12.9. The topological polar surface area (TPSA) is 46.6 Å². The first-order valence-electron chi connectivity index (χ1n) is 7.55. The molecular formula is C16H20FNO3S2. The summed E-state index contributed by atoms with van der Waals surface area (Å²) in [5, 5.41) is 0.0970. The number of nitrogens with zero attached hydrogens (tertiary/aromatic N) is 1. The predicted molar refractivity (Wildman–Crippen MR) is 91.0 cm³/mol. The molecule has 1 saturated heterocycles. The summed E-state index contributed by atoms with van der Waals surface area (Å²) in [6, 6.07) is 6.36. The van der Waals surface area contributed by atoms with Crippen LogP contribution < -0.4 is 0 Å². The van der Waals surface area contributed by atoms with Gasteiger partial charge in [-0.15, -0.1) is 23.5 Å². The SMILES string of the molecule is CCOC(=O)CCC(=O)N1CCS[C@@H]1CSc1ccc(F)cc1. The van der Waals surface area contributed by atoms with E-state index in [1.807, 2.05) is 4.90 Å². The van der Waals surface area contributed by atoms with Crippen LogP contribution >= 0.6 is 23.5 Å². The highest BCUT2D eigenvalue weighted by molar-refractivity contribution is 8.03. The van der Waals surface area contributed by atoms with Crippen molar-refractivity contribution in [2.75, 3.05) is 24.7 Å². The minimum absolute atomic E-state index is 0.00670. The molecule has 1 heterocycles. The second-order valence-corrected chi connectivity index (χ2v) is 7.36. The molecule has 4 nitrogen and oxygen atoms in total. The van der Waals surface area contributed by atoms with Crippen LogP contribution in [0.2, 0.25) is 0 Å². The molecule has 23 heavy (non-hydrogen) atoms. The molecule has 1 aromatic carbocycles. The lowest BCUT2D eigenvalue weighted by Gasteiger charge is -2.23. The van der Waals surface area contributed by atoms with Crippen LogP contribution in [-0.2, 0) is 14.3 Å². The van der Waals surface area contributed by atoms with Gasteiger partial charge < -0.3 is 9.64 Å². The Morgan fingerprint density at radius 3 is 2.78 bits per heavy atom. The molecule has 1 fully saturated rings. The van der Waals surface area contributed by atoms with Crippen LogP contribution in [0.15, 0.2) is 29.2 Å². The fourth-order valence-corrected chi connectivity index (χ4v) is 4.64. The van der Waals surface area contributed by atoms with Crippen molar-refractivity contribution in [2.24, 2.45) is 0 Å². The van der Waals surface area contributed by atoms with E-state index in [1.165, 1.54) is 12.1 Å². The van der Waals surface area contributed by atoms with E-state index in [-0.39, 0.29) is 35.9 Å². The van der Waals surface area contributed by atoms with E-state index in [2.05, 4.69) is 0 Å².